The van der Waals surface area contributed by atoms with Crippen LogP contribution in [0.5, 0.6) is 0 Å². The Morgan fingerprint density at radius 2 is 2.08 bits per heavy atom. The van der Waals surface area contributed by atoms with Crippen molar-refractivity contribution < 1.29 is 9.59 Å². The predicted octanol–water partition coefficient (Wildman–Crippen LogP) is 2.22. The number of likely N-dealkylation sites (tertiary alicyclic amines) is 1. The number of carbonyl (C=O) groups is 2. The van der Waals surface area contributed by atoms with Gasteiger partial charge in [-0.1, -0.05) is 0 Å². The highest BCUT2D eigenvalue weighted by atomic mass is 32.1. The normalized spacial score (nSPS) is 17.5. The number of anilines is 1. The van der Waals surface area contributed by atoms with Gasteiger partial charge in [-0.05, 0) is 43.5 Å². The summed E-state index contributed by atoms with van der Waals surface area (Å²) in [5.41, 5.74) is 1.08. The average Bonchev–Trinajstić information content (AvgIpc) is 3.10. The molecule has 6 nitrogen and oxygen atoms in total. The van der Waals surface area contributed by atoms with E-state index in [0.29, 0.717) is 28.7 Å². The molecule has 0 spiro atoms. The van der Waals surface area contributed by atoms with E-state index in [0.717, 1.165) is 19.4 Å². The van der Waals surface area contributed by atoms with E-state index >= 15 is 0 Å². The van der Waals surface area contributed by atoms with Crippen molar-refractivity contribution in [1.82, 2.24) is 15.2 Å². The van der Waals surface area contributed by atoms with Gasteiger partial charge in [0, 0.05) is 37.1 Å². The van der Waals surface area contributed by atoms with Crippen LogP contribution in [0.1, 0.15) is 32.9 Å². The summed E-state index contributed by atoms with van der Waals surface area (Å²) in [6, 6.07) is 5.39. The standard InChI is InChI=1S/C17H20N4O2S/c1-18-13-3-2-9-21(11-13)17(23)15-14(6-10-24-15)20-16(22)12-4-7-19-8-5-12/h4-8,10,13,18H,2-3,9,11H2,1H3,(H,20,22). The molecule has 1 aliphatic heterocycles. The molecule has 1 saturated heterocycles. The molecule has 2 N–H and O–H groups in total. The van der Waals surface area contributed by atoms with Crippen molar-refractivity contribution in [2.75, 3.05) is 25.5 Å². The Kier molecular flexibility index (Phi) is 5.22. The molecule has 0 radical (unpaired) electrons. The van der Waals surface area contributed by atoms with Crippen LogP contribution in [-0.4, -0.2) is 47.9 Å². The summed E-state index contributed by atoms with van der Waals surface area (Å²) >= 11 is 1.36. The van der Waals surface area contributed by atoms with E-state index in [4.69, 9.17) is 0 Å². The molecule has 0 aromatic carbocycles. The number of carbonyl (C=O) groups excluding carboxylic acids is 2. The molecule has 2 amide bonds. The number of rotatable bonds is 4. The molecule has 1 unspecified atom stereocenters. The summed E-state index contributed by atoms with van der Waals surface area (Å²) in [4.78, 5) is 31.4. The molecule has 126 valence electrons. The monoisotopic (exact) mass is 344 g/mol. The number of pyridine rings is 1. The first-order valence-corrected chi connectivity index (χ1v) is 8.82. The summed E-state index contributed by atoms with van der Waals surface area (Å²) in [6.45, 7) is 1.46. The highest BCUT2D eigenvalue weighted by Crippen LogP contribution is 2.26. The highest BCUT2D eigenvalue weighted by molar-refractivity contribution is 7.12. The van der Waals surface area contributed by atoms with Crippen molar-refractivity contribution in [3.8, 4) is 0 Å². The fraction of sp³-hybridized carbons (Fsp3) is 0.353. The number of thiophene rings is 1. The van der Waals surface area contributed by atoms with E-state index < -0.39 is 0 Å². The van der Waals surface area contributed by atoms with Crippen molar-refractivity contribution in [2.45, 2.75) is 18.9 Å². The van der Waals surface area contributed by atoms with Crippen LogP contribution in [0.25, 0.3) is 0 Å². The van der Waals surface area contributed by atoms with Crippen molar-refractivity contribution >= 4 is 28.8 Å². The number of piperidine rings is 1. The maximum absolute atomic E-state index is 12.8. The lowest BCUT2D eigenvalue weighted by Crippen LogP contribution is -2.46. The third kappa shape index (κ3) is 3.63. The van der Waals surface area contributed by atoms with Gasteiger partial charge in [0.2, 0.25) is 0 Å². The SMILES string of the molecule is CNC1CCCN(C(=O)c2sccc2NC(=O)c2ccncc2)C1. The number of nitrogens with zero attached hydrogens (tertiary/aromatic N) is 2. The van der Waals surface area contributed by atoms with Crippen molar-refractivity contribution in [3.05, 3.63) is 46.4 Å². The molecule has 1 aliphatic rings. The van der Waals surface area contributed by atoms with Gasteiger partial charge in [0.1, 0.15) is 4.88 Å². The molecule has 2 aromatic heterocycles. The van der Waals surface area contributed by atoms with Crippen LogP contribution in [0.15, 0.2) is 36.0 Å². The van der Waals surface area contributed by atoms with Crippen molar-refractivity contribution in [1.29, 1.82) is 0 Å². The van der Waals surface area contributed by atoms with Crippen LogP contribution in [0.4, 0.5) is 5.69 Å². The number of nitrogens with one attached hydrogen (secondary N) is 2. The molecule has 1 fully saturated rings. The Balaban J connectivity index is 1.73. The summed E-state index contributed by atoms with van der Waals surface area (Å²) in [5.74, 6) is -0.258. The molecule has 3 rings (SSSR count). The van der Waals surface area contributed by atoms with Gasteiger partial charge in [-0.2, -0.15) is 0 Å². The number of likely N-dealkylation sites (N-methyl/N-ethyl adjacent to an activating group) is 1. The van der Waals surface area contributed by atoms with Crippen LogP contribution >= 0.6 is 11.3 Å². The van der Waals surface area contributed by atoms with E-state index in [1.165, 1.54) is 11.3 Å². The Labute approximate surface area is 144 Å². The lowest BCUT2D eigenvalue weighted by molar-refractivity contribution is 0.0704. The highest BCUT2D eigenvalue weighted by Gasteiger charge is 2.26. The van der Waals surface area contributed by atoms with Gasteiger partial charge in [0.25, 0.3) is 11.8 Å². The summed E-state index contributed by atoms with van der Waals surface area (Å²) < 4.78 is 0. The van der Waals surface area contributed by atoms with Gasteiger partial charge in [-0.3, -0.25) is 14.6 Å². The van der Waals surface area contributed by atoms with E-state index in [1.807, 2.05) is 17.3 Å². The van der Waals surface area contributed by atoms with E-state index in [2.05, 4.69) is 15.6 Å². The molecular weight excluding hydrogens is 324 g/mol. The minimum Gasteiger partial charge on any atom is -0.336 e. The number of hydrogen-bond donors (Lipinski definition) is 2. The third-order valence-electron chi connectivity index (χ3n) is 4.17. The second kappa shape index (κ2) is 7.55. The molecule has 3 heterocycles. The van der Waals surface area contributed by atoms with E-state index in [-0.39, 0.29) is 11.8 Å². The van der Waals surface area contributed by atoms with Gasteiger partial charge < -0.3 is 15.5 Å². The summed E-state index contributed by atoms with van der Waals surface area (Å²) in [7, 11) is 1.92. The fourth-order valence-corrected chi connectivity index (χ4v) is 3.63. The molecule has 0 saturated carbocycles. The van der Waals surface area contributed by atoms with Crippen molar-refractivity contribution in [2.24, 2.45) is 0 Å². The van der Waals surface area contributed by atoms with Crippen LogP contribution in [0, 0.1) is 0 Å². The second-order valence-electron chi connectivity index (χ2n) is 5.73. The van der Waals surface area contributed by atoms with Gasteiger partial charge in [-0.25, -0.2) is 0 Å². The number of amides is 2. The van der Waals surface area contributed by atoms with E-state index in [1.54, 1.807) is 30.6 Å². The predicted molar refractivity (Wildman–Crippen MR) is 94.5 cm³/mol. The lowest BCUT2D eigenvalue weighted by Gasteiger charge is -2.32. The first-order chi connectivity index (χ1) is 11.7. The van der Waals surface area contributed by atoms with Gasteiger partial charge in [0.05, 0.1) is 5.69 Å². The molecule has 0 aliphatic carbocycles. The molecule has 0 bridgehead atoms. The molecule has 7 heteroatoms. The molecule has 2 aromatic rings. The zero-order chi connectivity index (χ0) is 16.9. The summed E-state index contributed by atoms with van der Waals surface area (Å²) in [5, 5.41) is 7.90. The number of hydrogen-bond acceptors (Lipinski definition) is 5. The van der Waals surface area contributed by atoms with Gasteiger partial charge in [-0.15, -0.1) is 11.3 Å². The minimum atomic E-state index is -0.239. The Bertz CT molecular complexity index is 716. The zero-order valence-corrected chi connectivity index (χ0v) is 14.3. The van der Waals surface area contributed by atoms with Gasteiger partial charge in [0.15, 0.2) is 0 Å². The number of aromatic nitrogens is 1. The molecule has 1 atom stereocenters. The largest absolute Gasteiger partial charge is 0.336 e. The van der Waals surface area contributed by atoms with Crippen molar-refractivity contribution in [3.63, 3.8) is 0 Å². The molecule has 24 heavy (non-hydrogen) atoms. The van der Waals surface area contributed by atoms with Crippen LogP contribution in [-0.2, 0) is 0 Å². The smallest absolute Gasteiger partial charge is 0.266 e. The maximum atomic E-state index is 12.8. The fourth-order valence-electron chi connectivity index (χ4n) is 2.81. The second-order valence-corrected chi connectivity index (χ2v) is 6.65. The Morgan fingerprint density at radius 1 is 1.29 bits per heavy atom. The van der Waals surface area contributed by atoms with Gasteiger partial charge >= 0.3 is 0 Å². The first-order valence-electron chi connectivity index (χ1n) is 7.94. The minimum absolute atomic E-state index is 0.0185. The van der Waals surface area contributed by atoms with Crippen LogP contribution in [0.2, 0.25) is 0 Å². The maximum Gasteiger partial charge on any atom is 0.266 e. The van der Waals surface area contributed by atoms with E-state index in [9.17, 15) is 9.59 Å². The Hall–Kier alpha value is -2.25. The topological polar surface area (TPSA) is 74.3 Å². The van der Waals surface area contributed by atoms with Crippen LogP contribution in [0.3, 0.4) is 0 Å². The van der Waals surface area contributed by atoms with Crippen LogP contribution < -0.4 is 10.6 Å². The lowest BCUT2D eigenvalue weighted by atomic mass is 10.1. The molecular formula is C17H20N4O2S. The summed E-state index contributed by atoms with van der Waals surface area (Å²) in [6.07, 6.45) is 5.21. The zero-order valence-electron chi connectivity index (χ0n) is 13.5. The average molecular weight is 344 g/mol. The quantitative estimate of drug-likeness (QED) is 0.892. The Morgan fingerprint density at radius 3 is 2.83 bits per heavy atom. The first kappa shape index (κ1) is 16.6. The third-order valence-corrected chi connectivity index (χ3v) is 5.07.